The van der Waals surface area contributed by atoms with Crippen LogP contribution in [0.2, 0.25) is 0 Å². The number of nitrogens with zero attached hydrogens (tertiary/aromatic N) is 2. The van der Waals surface area contributed by atoms with E-state index in [4.69, 9.17) is 0 Å². The van der Waals surface area contributed by atoms with Gasteiger partial charge in [-0.15, -0.1) is 11.3 Å². The van der Waals surface area contributed by atoms with Crippen LogP contribution in [0.25, 0.3) is 0 Å². The predicted octanol–water partition coefficient (Wildman–Crippen LogP) is 2.89. The second kappa shape index (κ2) is 9.85. The van der Waals surface area contributed by atoms with Crippen LogP contribution in [0.1, 0.15) is 29.1 Å². The lowest BCUT2D eigenvalue weighted by molar-refractivity contribution is -0.135. The number of amides is 2. The first kappa shape index (κ1) is 20.6. The predicted molar refractivity (Wildman–Crippen MR) is 114 cm³/mol. The summed E-state index contributed by atoms with van der Waals surface area (Å²) in [5.74, 6) is 0.457. The van der Waals surface area contributed by atoms with Crippen molar-refractivity contribution in [2.45, 2.75) is 26.3 Å². The first-order chi connectivity index (χ1) is 13.5. The molecule has 3 rings (SSSR count). The summed E-state index contributed by atoms with van der Waals surface area (Å²) >= 11 is 1.39. The molecule has 1 N–H and O–H groups in total. The number of piperazine rings is 1. The fourth-order valence-electron chi connectivity index (χ4n) is 3.57. The summed E-state index contributed by atoms with van der Waals surface area (Å²) < 4.78 is 0. The highest BCUT2D eigenvalue weighted by atomic mass is 32.1. The Morgan fingerprint density at radius 2 is 1.75 bits per heavy atom. The maximum absolute atomic E-state index is 13.2. The number of thiophene rings is 1. The summed E-state index contributed by atoms with van der Waals surface area (Å²) in [6.07, 6.45) is 0.503. The Bertz CT molecular complexity index is 753. The average molecular weight is 400 g/mol. The van der Waals surface area contributed by atoms with Crippen LogP contribution in [0, 0.1) is 5.92 Å². The van der Waals surface area contributed by atoms with E-state index < -0.39 is 6.04 Å². The Morgan fingerprint density at radius 1 is 1.04 bits per heavy atom. The van der Waals surface area contributed by atoms with Gasteiger partial charge < -0.3 is 10.2 Å². The fourth-order valence-corrected chi connectivity index (χ4v) is 4.20. The van der Waals surface area contributed by atoms with Gasteiger partial charge in [0.1, 0.15) is 6.04 Å². The van der Waals surface area contributed by atoms with Crippen LogP contribution in [0.4, 0.5) is 0 Å². The SMILES string of the molecule is CC(C)CN1CCN(C(=O)C(Cc2ccccc2)NC(=O)c2cccs2)CC1. The van der Waals surface area contributed by atoms with Gasteiger partial charge in [-0.05, 0) is 22.9 Å². The van der Waals surface area contributed by atoms with Crippen molar-refractivity contribution in [1.29, 1.82) is 0 Å². The highest BCUT2D eigenvalue weighted by Crippen LogP contribution is 2.13. The molecule has 1 fully saturated rings. The third kappa shape index (κ3) is 5.66. The molecular weight excluding hydrogens is 370 g/mol. The van der Waals surface area contributed by atoms with Crippen molar-refractivity contribution >= 4 is 23.2 Å². The standard InChI is InChI=1S/C22H29N3O2S/c1-17(2)16-24-10-12-25(13-11-24)22(27)19(15-18-7-4-3-5-8-18)23-21(26)20-9-6-14-28-20/h3-9,14,17,19H,10-13,15-16H2,1-2H3,(H,23,26). The van der Waals surface area contributed by atoms with Crippen molar-refractivity contribution in [3.8, 4) is 0 Å². The summed E-state index contributed by atoms with van der Waals surface area (Å²) in [6, 6.07) is 13.0. The number of carbonyl (C=O) groups is 2. The van der Waals surface area contributed by atoms with Crippen molar-refractivity contribution in [3.63, 3.8) is 0 Å². The zero-order valence-corrected chi connectivity index (χ0v) is 17.5. The number of carbonyl (C=O) groups excluding carboxylic acids is 2. The van der Waals surface area contributed by atoms with Gasteiger partial charge in [0, 0.05) is 39.1 Å². The summed E-state index contributed by atoms with van der Waals surface area (Å²) in [5, 5.41) is 4.85. The first-order valence-corrected chi connectivity index (χ1v) is 10.8. The lowest BCUT2D eigenvalue weighted by atomic mass is 10.0. The zero-order valence-electron chi connectivity index (χ0n) is 16.6. The molecule has 0 spiro atoms. The van der Waals surface area contributed by atoms with E-state index in [0.29, 0.717) is 30.3 Å². The number of rotatable bonds is 7. The molecule has 1 aromatic heterocycles. The molecule has 0 saturated carbocycles. The van der Waals surface area contributed by atoms with Crippen LogP contribution in [-0.2, 0) is 11.2 Å². The molecule has 0 aliphatic carbocycles. The quantitative estimate of drug-likeness (QED) is 0.779. The van der Waals surface area contributed by atoms with Gasteiger partial charge in [-0.1, -0.05) is 50.2 Å². The molecule has 6 heteroatoms. The van der Waals surface area contributed by atoms with Crippen LogP contribution < -0.4 is 5.32 Å². The van der Waals surface area contributed by atoms with Crippen molar-refractivity contribution < 1.29 is 9.59 Å². The number of benzene rings is 1. The van der Waals surface area contributed by atoms with E-state index in [0.717, 1.165) is 25.2 Å². The number of nitrogens with one attached hydrogen (secondary N) is 1. The van der Waals surface area contributed by atoms with Crippen LogP contribution in [0.5, 0.6) is 0 Å². The maximum atomic E-state index is 13.2. The van der Waals surface area contributed by atoms with Crippen LogP contribution in [0.15, 0.2) is 47.8 Å². The molecule has 1 unspecified atom stereocenters. The largest absolute Gasteiger partial charge is 0.339 e. The van der Waals surface area contributed by atoms with Crippen molar-refractivity contribution in [2.24, 2.45) is 5.92 Å². The molecule has 150 valence electrons. The van der Waals surface area contributed by atoms with E-state index in [9.17, 15) is 9.59 Å². The summed E-state index contributed by atoms with van der Waals surface area (Å²) in [5.41, 5.74) is 1.05. The summed E-state index contributed by atoms with van der Waals surface area (Å²) in [7, 11) is 0. The zero-order chi connectivity index (χ0) is 19.9. The number of hydrogen-bond acceptors (Lipinski definition) is 4. The lowest BCUT2D eigenvalue weighted by Gasteiger charge is -2.37. The highest BCUT2D eigenvalue weighted by Gasteiger charge is 2.29. The second-order valence-corrected chi connectivity index (χ2v) is 8.66. The van der Waals surface area contributed by atoms with Crippen molar-refractivity contribution in [3.05, 3.63) is 58.3 Å². The van der Waals surface area contributed by atoms with E-state index in [-0.39, 0.29) is 11.8 Å². The van der Waals surface area contributed by atoms with E-state index in [1.165, 1.54) is 11.3 Å². The fraction of sp³-hybridized carbons (Fsp3) is 0.455. The molecule has 1 aliphatic heterocycles. The molecular formula is C22H29N3O2S. The van der Waals surface area contributed by atoms with Gasteiger partial charge in [-0.3, -0.25) is 14.5 Å². The Hall–Kier alpha value is -2.18. The molecule has 1 atom stereocenters. The smallest absolute Gasteiger partial charge is 0.262 e. The molecule has 0 radical (unpaired) electrons. The lowest BCUT2D eigenvalue weighted by Crippen LogP contribution is -2.55. The van der Waals surface area contributed by atoms with E-state index in [1.807, 2.05) is 46.7 Å². The highest BCUT2D eigenvalue weighted by molar-refractivity contribution is 7.12. The Kier molecular flexibility index (Phi) is 7.23. The molecule has 2 heterocycles. The molecule has 2 amide bonds. The van der Waals surface area contributed by atoms with Gasteiger partial charge in [0.15, 0.2) is 0 Å². The third-order valence-corrected chi connectivity index (χ3v) is 5.81. The van der Waals surface area contributed by atoms with Crippen LogP contribution in [-0.4, -0.2) is 60.4 Å². The molecule has 1 aliphatic rings. The minimum Gasteiger partial charge on any atom is -0.339 e. The minimum absolute atomic E-state index is 0.0120. The molecule has 28 heavy (non-hydrogen) atoms. The van der Waals surface area contributed by atoms with Crippen LogP contribution >= 0.6 is 11.3 Å². The van der Waals surface area contributed by atoms with Gasteiger partial charge in [0.25, 0.3) is 5.91 Å². The average Bonchev–Trinajstić information content (AvgIpc) is 3.23. The topological polar surface area (TPSA) is 52.6 Å². The molecule has 5 nitrogen and oxygen atoms in total. The van der Waals surface area contributed by atoms with E-state index in [2.05, 4.69) is 24.1 Å². The van der Waals surface area contributed by atoms with Crippen molar-refractivity contribution in [2.75, 3.05) is 32.7 Å². The third-order valence-electron chi connectivity index (χ3n) is 4.94. The number of hydrogen-bond donors (Lipinski definition) is 1. The molecule has 0 bridgehead atoms. The Morgan fingerprint density at radius 3 is 2.36 bits per heavy atom. The van der Waals surface area contributed by atoms with Gasteiger partial charge in [0.2, 0.25) is 5.91 Å². The summed E-state index contributed by atoms with van der Waals surface area (Å²) in [6.45, 7) is 8.70. The van der Waals surface area contributed by atoms with Gasteiger partial charge in [-0.25, -0.2) is 0 Å². The second-order valence-electron chi connectivity index (χ2n) is 7.71. The molecule has 2 aromatic rings. The van der Waals surface area contributed by atoms with Gasteiger partial charge in [0.05, 0.1) is 4.88 Å². The molecule has 1 saturated heterocycles. The first-order valence-electron chi connectivity index (χ1n) is 9.92. The monoisotopic (exact) mass is 399 g/mol. The van der Waals surface area contributed by atoms with Crippen LogP contribution in [0.3, 0.4) is 0 Å². The normalized spacial score (nSPS) is 16.2. The maximum Gasteiger partial charge on any atom is 0.262 e. The van der Waals surface area contributed by atoms with Crippen molar-refractivity contribution in [1.82, 2.24) is 15.1 Å². The van der Waals surface area contributed by atoms with Gasteiger partial charge in [-0.2, -0.15) is 0 Å². The van der Waals surface area contributed by atoms with E-state index >= 15 is 0 Å². The molecule has 1 aromatic carbocycles. The van der Waals surface area contributed by atoms with E-state index in [1.54, 1.807) is 6.07 Å². The van der Waals surface area contributed by atoms with Gasteiger partial charge >= 0.3 is 0 Å². The minimum atomic E-state index is -0.548. The summed E-state index contributed by atoms with van der Waals surface area (Å²) in [4.78, 5) is 30.8. The Balaban J connectivity index is 1.67. The Labute approximate surface area is 171 Å².